The summed E-state index contributed by atoms with van der Waals surface area (Å²) in [6.45, 7) is 6.04. The predicted molar refractivity (Wildman–Crippen MR) is 405 cm³/mol. The summed E-state index contributed by atoms with van der Waals surface area (Å²) < 4.78 is 23.0. The number of aliphatic hydroxyl groups excluding tert-OH is 1. The molecule has 107 heavy (non-hydrogen) atoms. The first-order chi connectivity index (χ1) is 52.3. The van der Waals surface area contributed by atoms with Gasteiger partial charge in [-0.15, -0.1) is 0 Å². The highest BCUT2D eigenvalue weighted by Gasteiger charge is 2.32. The lowest BCUT2D eigenvalue weighted by Gasteiger charge is -2.32. The van der Waals surface area contributed by atoms with Crippen LogP contribution in [0.4, 0.5) is 17.5 Å². The fourth-order valence-electron chi connectivity index (χ4n) is 13.0. The third kappa shape index (κ3) is 17.3. The van der Waals surface area contributed by atoms with Gasteiger partial charge in [0.1, 0.15) is 70.8 Å². The molecule has 15 rings (SSSR count). The number of piperidine rings is 3. The van der Waals surface area contributed by atoms with Crippen LogP contribution in [0.1, 0.15) is 70.0 Å². The number of ether oxygens (including phenoxy) is 3. The van der Waals surface area contributed by atoms with E-state index in [9.17, 15) is 14.4 Å². The van der Waals surface area contributed by atoms with Gasteiger partial charge in [-0.2, -0.15) is 15.3 Å². The molecule has 0 spiro atoms. The third-order valence-corrected chi connectivity index (χ3v) is 18.1. The summed E-state index contributed by atoms with van der Waals surface area (Å²) >= 11 is 0. The van der Waals surface area contributed by atoms with E-state index >= 15 is 0 Å². The van der Waals surface area contributed by atoms with E-state index in [1.54, 1.807) is 65.7 Å². The van der Waals surface area contributed by atoms with Crippen LogP contribution < -0.4 is 31.4 Å². The first-order valence-electron chi connectivity index (χ1n) is 35.2. The number of pyridine rings is 3. The number of likely N-dealkylation sites (N-methyl/N-ethyl adjacent to an activating group) is 1. The van der Waals surface area contributed by atoms with Crippen molar-refractivity contribution < 1.29 is 33.7 Å². The van der Waals surface area contributed by atoms with Gasteiger partial charge in [-0.1, -0.05) is 72.7 Å². The molecule has 3 saturated heterocycles. The number of hydrogen-bond donors (Lipinski definition) is 4. The van der Waals surface area contributed by atoms with E-state index < -0.39 is 0 Å². The van der Waals surface area contributed by atoms with Crippen molar-refractivity contribution in [2.45, 2.75) is 70.0 Å². The summed E-state index contributed by atoms with van der Waals surface area (Å²) in [6.07, 6.45) is 21.8. The Bertz CT molecular complexity index is 5180. The maximum absolute atomic E-state index is 12.8. The lowest BCUT2D eigenvalue weighted by atomic mass is 10.1. The van der Waals surface area contributed by atoms with Crippen molar-refractivity contribution in [3.63, 3.8) is 0 Å². The molecule has 12 heterocycles. The van der Waals surface area contributed by atoms with E-state index in [0.717, 1.165) is 68.3 Å². The van der Waals surface area contributed by atoms with Gasteiger partial charge >= 0.3 is 0 Å². The van der Waals surface area contributed by atoms with Crippen LogP contribution in [0.25, 0.3) is 66.9 Å². The Morgan fingerprint density at radius 3 is 1.18 bits per heavy atom. The second-order valence-corrected chi connectivity index (χ2v) is 25.8. The lowest BCUT2D eigenvalue weighted by Crippen LogP contribution is -2.40. The van der Waals surface area contributed by atoms with Gasteiger partial charge in [-0.25, -0.2) is 58.9 Å². The molecule has 12 aromatic rings. The van der Waals surface area contributed by atoms with Gasteiger partial charge in [0.2, 0.25) is 29.5 Å². The zero-order chi connectivity index (χ0) is 74.2. The number of anilines is 3. The molecule has 3 aromatic carbocycles. The molecule has 7 N–H and O–H groups in total. The molecule has 29 heteroatoms. The van der Waals surface area contributed by atoms with E-state index in [2.05, 4.69) is 56.7 Å². The average molecular weight is 1440 g/mol. The minimum absolute atomic E-state index is 0.00980. The summed E-state index contributed by atoms with van der Waals surface area (Å²) in [7, 11) is 3.94. The average Bonchev–Trinajstić information content (AvgIpc) is 1.63. The third-order valence-electron chi connectivity index (χ3n) is 18.1. The van der Waals surface area contributed by atoms with Gasteiger partial charge in [-0.05, 0) is 133 Å². The van der Waals surface area contributed by atoms with E-state index in [0.29, 0.717) is 142 Å². The molecule has 3 aliphatic heterocycles. The Morgan fingerprint density at radius 2 is 0.841 bits per heavy atom. The Hall–Kier alpha value is -13.1. The van der Waals surface area contributed by atoms with Crippen molar-refractivity contribution in [3.05, 3.63) is 189 Å². The van der Waals surface area contributed by atoms with Crippen LogP contribution in [0.5, 0.6) is 34.9 Å². The number of amides is 3. The molecular weight excluding hydrogens is 1360 g/mol. The fourth-order valence-corrected chi connectivity index (χ4v) is 13.0. The van der Waals surface area contributed by atoms with E-state index in [1.165, 1.54) is 25.1 Å². The second kappa shape index (κ2) is 34.0. The normalized spacial score (nSPS) is 15.9. The van der Waals surface area contributed by atoms with Gasteiger partial charge in [0, 0.05) is 112 Å². The molecule has 544 valence electrons. The topological polar surface area (TPSA) is 360 Å². The molecular formula is C78H80N22O7. The predicted octanol–water partition coefficient (Wildman–Crippen LogP) is 10.4. The molecule has 3 atom stereocenters. The Balaban J connectivity index is 0.000000142. The zero-order valence-corrected chi connectivity index (χ0v) is 59.4. The summed E-state index contributed by atoms with van der Waals surface area (Å²) in [4.78, 5) is 84.6. The summed E-state index contributed by atoms with van der Waals surface area (Å²) in [5.41, 5.74) is 25.0. The molecule has 3 fully saturated rings. The van der Waals surface area contributed by atoms with Gasteiger partial charge in [0.15, 0.2) is 16.9 Å². The number of carbonyl (C=O) groups is 3. The number of aliphatic hydroxyl groups is 1. The highest BCUT2D eigenvalue weighted by atomic mass is 16.5. The summed E-state index contributed by atoms with van der Waals surface area (Å²) in [6, 6.07) is 39.3. The smallest absolute Gasteiger partial charge is 0.298 e. The van der Waals surface area contributed by atoms with Crippen LogP contribution >= 0.6 is 0 Å². The molecule has 29 nitrogen and oxygen atoms in total. The molecule has 3 aliphatic rings. The Labute approximate surface area is 616 Å². The standard InChI is InChI=1S/C27H30N8O2.C26H27N7O3.C25H23N7O2/c1-33(2)14-7-11-23(36)34-15-6-8-20(17-34)35-27-24(26(28)30-18-31-27)25(32-35)19-12-13-22(29-16-19)37-21-9-4-3-5-10-21;27-25-23-24(18-11-12-21(28-15-18)36-20-8-2-1-3-9-20)31-33(26(23)30-17-29-25)19-7-6-13-32(16-19)22(35)10-4-5-14-34;1-2-7-21(33)31-13-6-8-18(15-31)32-25-22(24(26)28-16-29-25)23(30-32)17-11-12-20(27-14-17)34-19-9-4-3-5-10-19/h3-5,7,9-13,16,18,20H,6,8,14-15,17H2,1-2H3,(H2,28,30,31);1-4,8-12,15,17,19,34H,5-7,13-14,16H2,(H2,27,29,30);3-5,9-12,14,16,18H,6,8,13,15H2,1H3,(H2,26,28,29)/b11-7+;10-4+;/t20-;19-;18-/m111/s1. The van der Waals surface area contributed by atoms with Gasteiger partial charge in [-0.3, -0.25) is 14.4 Å². The highest BCUT2D eigenvalue weighted by molar-refractivity contribution is 6.00. The number of para-hydroxylation sites is 3. The molecule has 0 radical (unpaired) electrons. The minimum atomic E-state index is -0.170. The molecule has 0 unspecified atom stereocenters. The van der Waals surface area contributed by atoms with Crippen LogP contribution in [0.2, 0.25) is 0 Å². The van der Waals surface area contributed by atoms with E-state index in [4.69, 9.17) is 51.8 Å². The van der Waals surface area contributed by atoms with Crippen LogP contribution in [-0.2, 0) is 14.4 Å². The number of nitrogens with zero attached hydrogens (tertiary/aromatic N) is 19. The molecule has 0 bridgehead atoms. The fraction of sp³-hybridized carbons (Fsp3) is 0.269. The quantitative estimate of drug-likeness (QED) is 0.0458. The number of aromatic nitrogens is 15. The Kier molecular flexibility index (Phi) is 23.0. The van der Waals surface area contributed by atoms with Crippen LogP contribution in [0, 0.1) is 11.8 Å². The van der Waals surface area contributed by atoms with Crippen molar-refractivity contribution in [2.75, 3.05) is 83.7 Å². The Morgan fingerprint density at radius 1 is 0.486 bits per heavy atom. The first kappa shape index (κ1) is 72.3. The zero-order valence-electron chi connectivity index (χ0n) is 59.4. The maximum Gasteiger partial charge on any atom is 0.298 e. The summed E-state index contributed by atoms with van der Waals surface area (Å²) in [5, 5.41) is 25.7. The van der Waals surface area contributed by atoms with Gasteiger partial charge in [0.25, 0.3) is 5.91 Å². The molecule has 0 aliphatic carbocycles. The van der Waals surface area contributed by atoms with E-state index in [1.807, 2.05) is 153 Å². The molecule has 0 saturated carbocycles. The first-order valence-corrected chi connectivity index (χ1v) is 35.2. The SMILES string of the molecule is CC#CC(=O)N1CCC[C@@H](n2nc(-c3ccc(Oc4ccccc4)nc3)c3c(N)ncnc32)C1.CN(C)C/C=C/C(=O)N1CCC[C@@H](n2nc(-c3ccc(Oc4ccccc4)nc3)c3c(N)ncnc32)C1.Nc1ncnc2c1c(-c1ccc(Oc3ccccc3)nc1)nn2[C@@H]1CCCN(C(=O)/C=C/CCO)C1. The lowest BCUT2D eigenvalue weighted by molar-refractivity contribution is -0.128. The van der Waals surface area contributed by atoms with Crippen LogP contribution in [0.3, 0.4) is 0 Å². The number of benzene rings is 3. The van der Waals surface area contributed by atoms with Crippen molar-refractivity contribution in [2.24, 2.45) is 0 Å². The van der Waals surface area contributed by atoms with Crippen LogP contribution in [-0.4, -0.2) is 183 Å². The molecule has 9 aromatic heterocycles. The molecule has 3 amide bonds. The number of fused-ring (bicyclic) bond motifs is 3. The number of nitrogen functional groups attached to an aromatic ring is 3. The summed E-state index contributed by atoms with van der Waals surface area (Å²) in [5.74, 6) is 9.65. The highest BCUT2D eigenvalue weighted by Crippen LogP contribution is 2.39. The second-order valence-electron chi connectivity index (χ2n) is 25.8. The van der Waals surface area contributed by atoms with Crippen LogP contribution in [0.15, 0.2) is 189 Å². The largest absolute Gasteiger partial charge is 0.439 e. The van der Waals surface area contributed by atoms with Gasteiger partial charge < -0.3 is 56.1 Å². The van der Waals surface area contributed by atoms with Crippen molar-refractivity contribution in [1.82, 2.24) is 93.8 Å². The monoisotopic (exact) mass is 1440 g/mol. The van der Waals surface area contributed by atoms with Crippen molar-refractivity contribution in [3.8, 4) is 80.5 Å². The number of rotatable bonds is 18. The number of carbonyl (C=O) groups excluding carboxylic acids is 3. The van der Waals surface area contributed by atoms with Crippen molar-refractivity contribution in [1.29, 1.82) is 0 Å². The number of hydrogen-bond acceptors (Lipinski definition) is 23. The van der Waals surface area contributed by atoms with Gasteiger partial charge in [0.05, 0.1) is 34.3 Å². The minimum Gasteiger partial charge on any atom is -0.439 e. The van der Waals surface area contributed by atoms with E-state index in [-0.39, 0.29) is 42.5 Å². The number of likely N-dealkylation sites (tertiary alicyclic amines) is 3. The number of nitrogens with two attached hydrogens (primary N) is 3. The maximum atomic E-state index is 12.8. The van der Waals surface area contributed by atoms with Crippen molar-refractivity contribution >= 4 is 68.3 Å².